The van der Waals surface area contributed by atoms with Crippen molar-refractivity contribution in [1.29, 1.82) is 0 Å². The van der Waals surface area contributed by atoms with Gasteiger partial charge in [-0.15, -0.1) is 0 Å². The zero-order valence-corrected chi connectivity index (χ0v) is 14.3. The van der Waals surface area contributed by atoms with Crippen LogP contribution in [-0.4, -0.2) is 22.5 Å². The molecular weight excluding hydrogens is 289 g/mol. The summed E-state index contributed by atoms with van der Waals surface area (Å²) in [7, 11) is 0. The van der Waals surface area contributed by atoms with E-state index < -0.39 is 22.5 Å². The molecule has 0 aromatic heterocycles. The second kappa shape index (κ2) is 7.96. The van der Waals surface area contributed by atoms with Crippen molar-refractivity contribution in [3.05, 3.63) is 39.9 Å². The fraction of sp³-hybridized carbons (Fsp3) is 0.333. The SMILES string of the molecule is CC(C)(C)OC(=O)NNC(=O)c1cccc([N+](=O)[O-])c1.[H-].[Na+]. The summed E-state index contributed by atoms with van der Waals surface area (Å²) in [5.41, 5.74) is 3.30. The van der Waals surface area contributed by atoms with Crippen LogP contribution in [0.15, 0.2) is 24.3 Å². The molecule has 1 rings (SSSR count). The summed E-state index contributed by atoms with van der Waals surface area (Å²) >= 11 is 0. The van der Waals surface area contributed by atoms with Gasteiger partial charge < -0.3 is 6.16 Å². The third-order valence-electron chi connectivity index (χ3n) is 2.00. The molecule has 9 heteroatoms. The Balaban J connectivity index is 0. The molecule has 21 heavy (non-hydrogen) atoms. The van der Waals surface area contributed by atoms with Crippen LogP contribution in [0.5, 0.6) is 0 Å². The molecule has 0 heterocycles. The molecule has 2 N–H and O–H groups in total. The van der Waals surface area contributed by atoms with E-state index in [1.165, 1.54) is 18.2 Å². The maximum Gasteiger partial charge on any atom is 1.00 e. The van der Waals surface area contributed by atoms with Crippen LogP contribution >= 0.6 is 0 Å². The van der Waals surface area contributed by atoms with E-state index in [-0.39, 0.29) is 42.2 Å². The number of benzene rings is 1. The number of nitro groups is 1. The van der Waals surface area contributed by atoms with E-state index in [1.54, 1.807) is 20.8 Å². The molecule has 0 aliphatic rings. The fourth-order valence-corrected chi connectivity index (χ4v) is 1.24. The summed E-state index contributed by atoms with van der Waals surface area (Å²) in [6.45, 7) is 5.03. The molecule has 0 atom stereocenters. The second-order valence-corrected chi connectivity index (χ2v) is 4.89. The first-order valence-electron chi connectivity index (χ1n) is 5.73. The second-order valence-electron chi connectivity index (χ2n) is 4.89. The van der Waals surface area contributed by atoms with Gasteiger partial charge in [0, 0.05) is 17.7 Å². The van der Waals surface area contributed by atoms with Gasteiger partial charge in [-0.2, -0.15) is 0 Å². The first-order chi connectivity index (χ1) is 9.19. The number of carbonyl (C=O) groups excluding carboxylic acids is 2. The maximum absolute atomic E-state index is 11.7. The van der Waals surface area contributed by atoms with Crippen LogP contribution in [0.1, 0.15) is 32.6 Å². The molecule has 0 bridgehead atoms. The number of non-ortho nitro benzene ring substituents is 1. The van der Waals surface area contributed by atoms with Crippen LogP contribution in [-0.2, 0) is 4.74 Å². The van der Waals surface area contributed by atoms with Crippen LogP contribution in [0.3, 0.4) is 0 Å². The minimum atomic E-state index is -0.823. The van der Waals surface area contributed by atoms with Gasteiger partial charge in [0.25, 0.3) is 11.6 Å². The molecule has 1 aromatic rings. The molecule has 0 unspecified atom stereocenters. The standard InChI is InChI=1S/C12H15N3O5.Na.H/c1-12(2,3)20-11(17)14-13-10(16)8-5-4-6-9(7-8)15(18)19;;/h4-7H,1-3H3,(H,13,16)(H,14,17);;/q;+1;-1. The number of nitrogens with one attached hydrogen (secondary N) is 2. The Morgan fingerprint density at radius 3 is 2.43 bits per heavy atom. The van der Waals surface area contributed by atoms with E-state index in [0.717, 1.165) is 6.07 Å². The van der Waals surface area contributed by atoms with Gasteiger partial charge in [-0.05, 0) is 26.8 Å². The minimum Gasteiger partial charge on any atom is -1.00 e. The third-order valence-corrected chi connectivity index (χ3v) is 2.00. The van der Waals surface area contributed by atoms with Crippen LogP contribution in [0.4, 0.5) is 10.5 Å². The molecule has 8 nitrogen and oxygen atoms in total. The number of ether oxygens (including phenoxy) is 1. The summed E-state index contributed by atoms with van der Waals surface area (Å²) in [5.74, 6) is -0.681. The predicted molar refractivity (Wildman–Crippen MR) is 71.0 cm³/mol. The summed E-state index contributed by atoms with van der Waals surface area (Å²) in [5, 5.41) is 10.6. The number of carbonyl (C=O) groups is 2. The molecular formula is C12H16N3NaO5. The van der Waals surface area contributed by atoms with Crippen LogP contribution in [0.2, 0.25) is 0 Å². The van der Waals surface area contributed by atoms with Gasteiger partial charge in [-0.25, -0.2) is 10.2 Å². The van der Waals surface area contributed by atoms with Crippen molar-refractivity contribution in [2.75, 3.05) is 0 Å². The first-order valence-corrected chi connectivity index (χ1v) is 5.73. The summed E-state index contributed by atoms with van der Waals surface area (Å²) in [6.07, 6.45) is -0.823. The van der Waals surface area contributed by atoms with Crippen LogP contribution in [0, 0.1) is 10.1 Å². The molecule has 110 valence electrons. The van der Waals surface area contributed by atoms with Crippen molar-refractivity contribution in [2.45, 2.75) is 26.4 Å². The number of hydrogen-bond donors (Lipinski definition) is 2. The van der Waals surface area contributed by atoms with Crippen LogP contribution < -0.4 is 40.4 Å². The van der Waals surface area contributed by atoms with Crippen molar-refractivity contribution in [3.63, 3.8) is 0 Å². The number of hydrazine groups is 1. The predicted octanol–water partition coefficient (Wildman–Crippen LogP) is -1.12. The van der Waals surface area contributed by atoms with Crippen molar-refractivity contribution in [2.24, 2.45) is 0 Å². The van der Waals surface area contributed by atoms with Gasteiger partial charge in [0.15, 0.2) is 0 Å². The van der Waals surface area contributed by atoms with Gasteiger partial charge in [-0.1, -0.05) is 6.07 Å². The molecule has 0 aliphatic carbocycles. The minimum absolute atomic E-state index is 0. The number of nitro benzene ring substituents is 1. The normalized spacial score (nSPS) is 10.0. The van der Waals surface area contributed by atoms with Gasteiger partial charge in [0.05, 0.1) is 4.92 Å². The van der Waals surface area contributed by atoms with Gasteiger partial charge in [0.2, 0.25) is 0 Å². The van der Waals surface area contributed by atoms with E-state index in [1.807, 2.05) is 0 Å². The van der Waals surface area contributed by atoms with Crippen molar-refractivity contribution >= 4 is 17.7 Å². The number of nitrogens with zero attached hydrogens (tertiary/aromatic N) is 1. The van der Waals surface area contributed by atoms with Crippen LogP contribution in [0.25, 0.3) is 0 Å². The topological polar surface area (TPSA) is 111 Å². The molecule has 1 aromatic carbocycles. The van der Waals surface area contributed by atoms with Gasteiger partial charge in [-0.3, -0.25) is 20.3 Å². The van der Waals surface area contributed by atoms with Gasteiger partial charge >= 0.3 is 35.7 Å². The van der Waals surface area contributed by atoms with Gasteiger partial charge in [0.1, 0.15) is 5.60 Å². The fourth-order valence-electron chi connectivity index (χ4n) is 1.24. The maximum atomic E-state index is 11.7. The summed E-state index contributed by atoms with van der Waals surface area (Å²) < 4.78 is 4.91. The first kappa shape index (κ1) is 19.4. The zero-order chi connectivity index (χ0) is 15.3. The molecule has 0 fully saturated rings. The molecule has 0 radical (unpaired) electrons. The number of rotatable bonds is 2. The Hall–Kier alpha value is -1.64. The summed E-state index contributed by atoms with van der Waals surface area (Å²) in [4.78, 5) is 33.0. The van der Waals surface area contributed by atoms with E-state index in [0.29, 0.717) is 0 Å². The average molecular weight is 305 g/mol. The molecule has 0 saturated carbocycles. The zero-order valence-electron chi connectivity index (χ0n) is 13.3. The largest absolute Gasteiger partial charge is 1.00 e. The molecule has 2 amide bonds. The van der Waals surface area contributed by atoms with E-state index in [9.17, 15) is 19.7 Å². The Morgan fingerprint density at radius 1 is 1.29 bits per heavy atom. The molecule has 0 spiro atoms. The quantitative estimate of drug-likeness (QED) is 0.408. The van der Waals surface area contributed by atoms with Crippen molar-refractivity contribution in [3.8, 4) is 0 Å². The van der Waals surface area contributed by atoms with E-state index >= 15 is 0 Å². The summed E-state index contributed by atoms with van der Waals surface area (Å²) in [6, 6.07) is 5.13. The van der Waals surface area contributed by atoms with E-state index in [4.69, 9.17) is 4.74 Å². The smallest absolute Gasteiger partial charge is 1.00 e. The molecule has 0 saturated heterocycles. The monoisotopic (exact) mass is 305 g/mol. The Morgan fingerprint density at radius 2 is 1.90 bits per heavy atom. The number of amides is 2. The Kier molecular flexibility index (Phi) is 7.34. The third kappa shape index (κ3) is 7.07. The van der Waals surface area contributed by atoms with Crippen molar-refractivity contribution in [1.82, 2.24) is 10.9 Å². The average Bonchev–Trinajstić information content (AvgIpc) is 2.34. The van der Waals surface area contributed by atoms with Crippen molar-refractivity contribution < 1.29 is 50.2 Å². The molecule has 0 aliphatic heterocycles. The van der Waals surface area contributed by atoms with E-state index in [2.05, 4.69) is 10.9 Å². The number of hydrogen-bond acceptors (Lipinski definition) is 5. The Labute approximate surface area is 145 Å². The Bertz CT molecular complexity index is 548.